The van der Waals surface area contributed by atoms with Crippen molar-refractivity contribution in [3.05, 3.63) is 35.9 Å². The predicted molar refractivity (Wildman–Crippen MR) is 216 cm³/mol. The van der Waals surface area contributed by atoms with Crippen molar-refractivity contribution in [1.82, 2.24) is 31.1 Å². The highest BCUT2D eigenvalue weighted by Crippen LogP contribution is 2.30. The van der Waals surface area contributed by atoms with Crippen LogP contribution in [0.3, 0.4) is 0 Å². The number of benzene rings is 1. The smallest absolute Gasteiger partial charge is 0.245 e. The molecular formula is C42H72N6O7. The standard InChI is InChI=1S/C42H72N6O7/c1-15-27(4)35(47(12)39(52)34(26(2)3)45-40(53)42(9,10)43-11)32(54-13)25-33(49)48-23-19-22-31(48)36(55-14)28(5)37(50)44-30(38(51)46-41(6,7)8)24-29-20-17-16-18-21-29/h16-18,20-21,26-28,30-32,34-36,43H,15,19,22-25H2,1-14H3,(H,44,50)(H,45,53)(H,46,51). The van der Waals surface area contributed by atoms with Crippen LogP contribution in [0.4, 0.5) is 0 Å². The van der Waals surface area contributed by atoms with Gasteiger partial charge in [0.05, 0.1) is 42.2 Å². The lowest BCUT2D eigenvalue weighted by Crippen LogP contribution is -2.61. The van der Waals surface area contributed by atoms with Gasteiger partial charge >= 0.3 is 0 Å². The number of carbonyl (C=O) groups excluding carboxylic acids is 5. The lowest BCUT2D eigenvalue weighted by atomic mass is 9.89. The number of likely N-dealkylation sites (tertiary alicyclic amines) is 1. The largest absolute Gasteiger partial charge is 0.379 e. The first-order valence-electron chi connectivity index (χ1n) is 19.9. The molecule has 2 rings (SSSR count). The van der Waals surface area contributed by atoms with E-state index in [1.807, 2.05) is 78.8 Å². The number of carbonyl (C=O) groups is 5. The Bertz CT molecular complexity index is 1410. The highest BCUT2D eigenvalue weighted by atomic mass is 16.5. The van der Waals surface area contributed by atoms with E-state index in [1.165, 1.54) is 0 Å². The van der Waals surface area contributed by atoms with Gasteiger partial charge in [0.25, 0.3) is 0 Å². The molecule has 0 aromatic heterocycles. The van der Waals surface area contributed by atoms with Gasteiger partial charge in [-0.25, -0.2) is 0 Å². The van der Waals surface area contributed by atoms with Gasteiger partial charge in [-0.1, -0.05) is 71.4 Å². The molecule has 312 valence electrons. The zero-order valence-electron chi connectivity index (χ0n) is 36.1. The van der Waals surface area contributed by atoms with Gasteiger partial charge < -0.3 is 40.5 Å². The zero-order valence-corrected chi connectivity index (χ0v) is 36.1. The molecule has 55 heavy (non-hydrogen) atoms. The first-order chi connectivity index (χ1) is 25.6. The van der Waals surface area contributed by atoms with E-state index in [0.717, 1.165) is 18.4 Å². The minimum atomic E-state index is -0.876. The van der Waals surface area contributed by atoms with Crippen LogP contribution in [0.15, 0.2) is 30.3 Å². The molecule has 4 N–H and O–H groups in total. The average molecular weight is 773 g/mol. The van der Waals surface area contributed by atoms with Crippen molar-refractivity contribution >= 4 is 29.5 Å². The molecule has 1 aromatic carbocycles. The minimum absolute atomic E-state index is 0.00819. The van der Waals surface area contributed by atoms with E-state index in [4.69, 9.17) is 9.47 Å². The molecule has 13 heteroatoms. The second-order valence-electron chi connectivity index (χ2n) is 17.1. The van der Waals surface area contributed by atoms with E-state index in [1.54, 1.807) is 58.9 Å². The first kappa shape index (κ1) is 47.6. The number of methoxy groups -OCH3 is 2. The van der Waals surface area contributed by atoms with Crippen LogP contribution in [0.2, 0.25) is 0 Å². The number of hydrogen-bond donors (Lipinski definition) is 4. The van der Waals surface area contributed by atoms with Gasteiger partial charge in [0.15, 0.2) is 0 Å². The van der Waals surface area contributed by atoms with Gasteiger partial charge in [-0.05, 0) is 71.9 Å². The fraction of sp³-hybridized carbons (Fsp3) is 0.738. The number of likely N-dealkylation sites (N-methyl/N-ethyl adjacent to an activating group) is 2. The fourth-order valence-electron chi connectivity index (χ4n) is 7.29. The van der Waals surface area contributed by atoms with Gasteiger partial charge in [-0.3, -0.25) is 24.0 Å². The molecule has 5 amide bonds. The summed E-state index contributed by atoms with van der Waals surface area (Å²) in [5, 5.41) is 11.9. The van der Waals surface area contributed by atoms with Gasteiger partial charge in [-0.2, -0.15) is 0 Å². The van der Waals surface area contributed by atoms with E-state index in [9.17, 15) is 24.0 Å². The van der Waals surface area contributed by atoms with Crippen LogP contribution >= 0.6 is 0 Å². The van der Waals surface area contributed by atoms with Gasteiger partial charge in [0.2, 0.25) is 29.5 Å². The monoisotopic (exact) mass is 773 g/mol. The van der Waals surface area contributed by atoms with E-state index < -0.39 is 47.3 Å². The number of nitrogens with zero attached hydrogens (tertiary/aromatic N) is 2. The molecule has 1 aromatic rings. The summed E-state index contributed by atoms with van der Waals surface area (Å²) in [6, 6.07) is 7.10. The van der Waals surface area contributed by atoms with Crippen molar-refractivity contribution in [2.24, 2.45) is 17.8 Å². The maximum Gasteiger partial charge on any atom is 0.245 e. The minimum Gasteiger partial charge on any atom is -0.379 e. The summed E-state index contributed by atoms with van der Waals surface area (Å²) in [5.41, 5.74) is -0.453. The van der Waals surface area contributed by atoms with Crippen molar-refractivity contribution < 1.29 is 33.4 Å². The second-order valence-corrected chi connectivity index (χ2v) is 17.1. The number of ether oxygens (including phenoxy) is 2. The molecule has 0 radical (unpaired) electrons. The molecule has 1 aliphatic heterocycles. The SMILES string of the molecule is CCC(C)C(C(CC(=O)N1CCCC1C(OC)C(C)C(=O)NC(Cc1ccccc1)C(=O)NC(C)(C)C)OC)N(C)C(=O)C(NC(=O)C(C)(C)NC)C(C)C. The van der Waals surface area contributed by atoms with Crippen molar-refractivity contribution in [2.75, 3.05) is 34.9 Å². The van der Waals surface area contributed by atoms with Crippen LogP contribution in [-0.4, -0.2) is 122 Å². The summed E-state index contributed by atoms with van der Waals surface area (Å²) >= 11 is 0. The Morgan fingerprint density at radius 3 is 2.05 bits per heavy atom. The lowest BCUT2D eigenvalue weighted by molar-refractivity contribution is -0.148. The van der Waals surface area contributed by atoms with Gasteiger partial charge in [-0.15, -0.1) is 0 Å². The molecule has 8 atom stereocenters. The third-order valence-electron chi connectivity index (χ3n) is 11.1. The Hall–Kier alpha value is -3.55. The molecule has 0 aliphatic carbocycles. The highest BCUT2D eigenvalue weighted by Gasteiger charge is 2.43. The third-order valence-corrected chi connectivity index (χ3v) is 11.1. The van der Waals surface area contributed by atoms with Gasteiger partial charge in [0.1, 0.15) is 12.1 Å². The normalized spacial score (nSPS) is 18.7. The molecule has 13 nitrogen and oxygen atoms in total. The van der Waals surface area contributed by atoms with Crippen LogP contribution in [-0.2, 0) is 39.9 Å². The zero-order chi connectivity index (χ0) is 41.8. The Labute approximate surface area is 330 Å². The molecule has 1 aliphatic rings. The molecule has 1 fully saturated rings. The molecule has 0 bridgehead atoms. The summed E-state index contributed by atoms with van der Waals surface area (Å²) in [4.78, 5) is 72.2. The van der Waals surface area contributed by atoms with Crippen LogP contribution in [0.5, 0.6) is 0 Å². The van der Waals surface area contributed by atoms with Crippen LogP contribution < -0.4 is 21.3 Å². The Kier molecular flexibility index (Phi) is 18.3. The van der Waals surface area contributed by atoms with Crippen LogP contribution in [0, 0.1) is 17.8 Å². The van der Waals surface area contributed by atoms with E-state index in [-0.39, 0.29) is 53.8 Å². The summed E-state index contributed by atoms with van der Waals surface area (Å²) in [6.07, 6.45) is 1.15. The quantitative estimate of drug-likeness (QED) is 0.156. The maximum atomic E-state index is 14.2. The molecule has 1 saturated heterocycles. The molecule has 0 saturated carbocycles. The number of amides is 5. The van der Waals surface area contributed by atoms with Crippen LogP contribution in [0.25, 0.3) is 0 Å². The number of rotatable bonds is 20. The molecular weight excluding hydrogens is 700 g/mol. The lowest BCUT2D eigenvalue weighted by Gasteiger charge is -2.41. The summed E-state index contributed by atoms with van der Waals surface area (Å²) in [7, 11) is 6.51. The average Bonchev–Trinajstić information content (AvgIpc) is 3.62. The van der Waals surface area contributed by atoms with E-state index >= 15 is 0 Å². The predicted octanol–water partition coefficient (Wildman–Crippen LogP) is 3.69. The fourth-order valence-corrected chi connectivity index (χ4v) is 7.29. The highest BCUT2D eigenvalue weighted by molar-refractivity contribution is 5.92. The first-order valence-corrected chi connectivity index (χ1v) is 19.9. The Morgan fingerprint density at radius 1 is 0.927 bits per heavy atom. The van der Waals surface area contributed by atoms with Crippen LogP contribution in [0.1, 0.15) is 100 Å². The summed E-state index contributed by atoms with van der Waals surface area (Å²) in [6.45, 7) is 19.3. The molecule has 8 unspecified atom stereocenters. The van der Waals surface area contributed by atoms with Crippen molar-refractivity contribution in [1.29, 1.82) is 0 Å². The summed E-state index contributed by atoms with van der Waals surface area (Å²) in [5.74, 6) is -2.23. The second kappa shape index (κ2) is 21.1. The van der Waals surface area contributed by atoms with Crippen molar-refractivity contribution in [2.45, 2.75) is 149 Å². The van der Waals surface area contributed by atoms with E-state index in [2.05, 4.69) is 21.3 Å². The van der Waals surface area contributed by atoms with E-state index in [0.29, 0.717) is 19.4 Å². The number of nitrogens with one attached hydrogen (secondary N) is 4. The molecule has 0 spiro atoms. The third kappa shape index (κ3) is 13.3. The Balaban J connectivity index is 2.31. The topological polar surface area (TPSA) is 158 Å². The number of hydrogen-bond acceptors (Lipinski definition) is 8. The maximum absolute atomic E-state index is 14.2. The molecule has 1 heterocycles. The van der Waals surface area contributed by atoms with Crippen molar-refractivity contribution in [3.8, 4) is 0 Å². The van der Waals surface area contributed by atoms with Gasteiger partial charge in [0, 0.05) is 39.8 Å². The van der Waals surface area contributed by atoms with Crippen molar-refractivity contribution in [3.63, 3.8) is 0 Å². The summed E-state index contributed by atoms with van der Waals surface area (Å²) < 4.78 is 12.0. The Morgan fingerprint density at radius 2 is 1.55 bits per heavy atom.